The van der Waals surface area contributed by atoms with E-state index in [2.05, 4.69) is 22.0 Å². The van der Waals surface area contributed by atoms with Crippen molar-refractivity contribution in [1.29, 1.82) is 0 Å². The maximum absolute atomic E-state index is 5.68. The van der Waals surface area contributed by atoms with Crippen LogP contribution < -0.4 is 5.32 Å². The number of hydrogen-bond acceptors (Lipinski definition) is 5. The molecule has 5 heteroatoms. The van der Waals surface area contributed by atoms with Gasteiger partial charge in [-0.3, -0.25) is 0 Å². The Balaban J connectivity index is 2.68. The van der Waals surface area contributed by atoms with Crippen LogP contribution in [-0.2, 0) is 16.9 Å². The summed E-state index contributed by atoms with van der Waals surface area (Å²) in [5.41, 5.74) is -0.463. The molecular weight excluding hydrogens is 218 g/mol. The van der Waals surface area contributed by atoms with Crippen molar-refractivity contribution in [3.63, 3.8) is 0 Å². The summed E-state index contributed by atoms with van der Waals surface area (Å²) in [6, 6.07) is 0. The number of nitrogens with zero attached hydrogens (tertiary/aromatic N) is 2. The summed E-state index contributed by atoms with van der Waals surface area (Å²) < 4.78 is 10.8. The van der Waals surface area contributed by atoms with E-state index in [0.29, 0.717) is 31.4 Å². The van der Waals surface area contributed by atoms with Gasteiger partial charge in [0.2, 0.25) is 11.7 Å². The lowest BCUT2D eigenvalue weighted by Gasteiger charge is -2.23. The third-order valence-corrected chi connectivity index (χ3v) is 2.64. The van der Waals surface area contributed by atoms with Crippen LogP contribution in [0.2, 0.25) is 0 Å². The Morgan fingerprint density at radius 3 is 2.88 bits per heavy atom. The Morgan fingerprint density at radius 1 is 1.53 bits per heavy atom. The van der Waals surface area contributed by atoms with E-state index < -0.39 is 5.60 Å². The monoisotopic (exact) mass is 239 g/mol. The fourth-order valence-corrected chi connectivity index (χ4v) is 1.47. The van der Waals surface area contributed by atoms with Crippen molar-refractivity contribution < 1.29 is 9.26 Å². The highest BCUT2D eigenvalue weighted by molar-refractivity contribution is 4.99. The maximum Gasteiger partial charge on any atom is 0.240 e. The Hall–Kier alpha value is -1.20. The number of aromatic nitrogens is 2. The Morgan fingerprint density at radius 2 is 2.29 bits per heavy atom. The SMILES string of the molecule is C=CCNCc1nc(C(C)(CC)OCC)no1. The highest BCUT2D eigenvalue weighted by Gasteiger charge is 2.30. The standard InChI is InChI=1S/C12H21N3O2/c1-5-8-13-9-10-14-11(15-17-10)12(4,6-2)16-7-3/h5,13H,1,6-9H2,2-4H3. The molecule has 1 aromatic rings. The highest BCUT2D eigenvalue weighted by atomic mass is 16.5. The van der Waals surface area contributed by atoms with Gasteiger partial charge in [-0.2, -0.15) is 4.98 Å². The lowest BCUT2D eigenvalue weighted by Crippen LogP contribution is -2.26. The second kappa shape index (κ2) is 6.51. The highest BCUT2D eigenvalue weighted by Crippen LogP contribution is 2.26. The zero-order valence-corrected chi connectivity index (χ0v) is 10.8. The molecule has 0 bridgehead atoms. The van der Waals surface area contributed by atoms with Crippen LogP contribution in [0.5, 0.6) is 0 Å². The second-order valence-electron chi connectivity index (χ2n) is 3.95. The molecule has 0 saturated carbocycles. The predicted molar refractivity (Wildman–Crippen MR) is 65.5 cm³/mol. The Labute approximate surface area is 102 Å². The van der Waals surface area contributed by atoms with Crippen molar-refractivity contribution in [3.8, 4) is 0 Å². The van der Waals surface area contributed by atoms with Crippen molar-refractivity contribution in [2.75, 3.05) is 13.2 Å². The average Bonchev–Trinajstić information content (AvgIpc) is 2.79. The molecule has 1 heterocycles. The zero-order chi connectivity index (χ0) is 12.7. The van der Waals surface area contributed by atoms with Gasteiger partial charge in [-0.05, 0) is 20.3 Å². The summed E-state index contributed by atoms with van der Waals surface area (Å²) in [5.74, 6) is 1.18. The maximum atomic E-state index is 5.68. The van der Waals surface area contributed by atoms with Crippen LogP contribution in [0.15, 0.2) is 17.2 Å². The van der Waals surface area contributed by atoms with Crippen molar-refractivity contribution in [2.24, 2.45) is 0 Å². The smallest absolute Gasteiger partial charge is 0.240 e. The first-order valence-electron chi connectivity index (χ1n) is 5.95. The van der Waals surface area contributed by atoms with E-state index in [0.717, 1.165) is 6.42 Å². The Bertz CT molecular complexity index is 351. The summed E-state index contributed by atoms with van der Waals surface area (Å²) in [4.78, 5) is 4.34. The molecule has 1 N–H and O–H groups in total. The number of nitrogens with one attached hydrogen (secondary N) is 1. The van der Waals surface area contributed by atoms with Gasteiger partial charge in [-0.1, -0.05) is 18.2 Å². The van der Waals surface area contributed by atoms with Crippen molar-refractivity contribution >= 4 is 0 Å². The normalized spacial score (nSPS) is 14.5. The lowest BCUT2D eigenvalue weighted by molar-refractivity contribution is -0.0403. The van der Waals surface area contributed by atoms with E-state index in [1.54, 1.807) is 6.08 Å². The quantitative estimate of drug-likeness (QED) is 0.555. The van der Waals surface area contributed by atoms with Crippen LogP contribution in [0.1, 0.15) is 38.9 Å². The average molecular weight is 239 g/mol. The molecule has 0 aliphatic carbocycles. The van der Waals surface area contributed by atoms with Crippen LogP contribution >= 0.6 is 0 Å². The van der Waals surface area contributed by atoms with Gasteiger partial charge in [-0.15, -0.1) is 6.58 Å². The number of rotatable bonds is 8. The topological polar surface area (TPSA) is 60.2 Å². The molecule has 1 aromatic heterocycles. The van der Waals surface area contributed by atoms with Crippen LogP contribution in [-0.4, -0.2) is 23.3 Å². The first kappa shape index (κ1) is 13.9. The number of ether oxygens (including phenoxy) is 1. The molecule has 0 spiro atoms. The zero-order valence-electron chi connectivity index (χ0n) is 10.8. The molecule has 0 saturated heterocycles. The number of hydrogen-bond donors (Lipinski definition) is 1. The van der Waals surface area contributed by atoms with E-state index in [1.165, 1.54) is 0 Å². The molecule has 1 rings (SSSR count). The van der Waals surface area contributed by atoms with E-state index >= 15 is 0 Å². The molecule has 17 heavy (non-hydrogen) atoms. The first-order valence-corrected chi connectivity index (χ1v) is 5.95. The molecule has 0 aromatic carbocycles. The van der Waals surface area contributed by atoms with Crippen LogP contribution in [0, 0.1) is 0 Å². The van der Waals surface area contributed by atoms with Crippen molar-refractivity contribution in [2.45, 2.75) is 39.3 Å². The van der Waals surface area contributed by atoms with Crippen LogP contribution in [0.25, 0.3) is 0 Å². The molecular formula is C12H21N3O2. The van der Waals surface area contributed by atoms with Gasteiger partial charge in [0, 0.05) is 13.2 Å². The first-order chi connectivity index (χ1) is 8.16. The summed E-state index contributed by atoms with van der Waals surface area (Å²) in [7, 11) is 0. The van der Waals surface area contributed by atoms with Crippen LogP contribution in [0.4, 0.5) is 0 Å². The van der Waals surface area contributed by atoms with E-state index in [-0.39, 0.29) is 0 Å². The summed E-state index contributed by atoms with van der Waals surface area (Å²) in [6.45, 7) is 11.5. The fourth-order valence-electron chi connectivity index (χ4n) is 1.47. The predicted octanol–water partition coefficient (Wildman–Crippen LogP) is 2.01. The van der Waals surface area contributed by atoms with Gasteiger partial charge in [0.25, 0.3) is 0 Å². The van der Waals surface area contributed by atoms with Gasteiger partial charge in [0.05, 0.1) is 6.54 Å². The summed E-state index contributed by atoms with van der Waals surface area (Å²) in [6.07, 6.45) is 2.59. The van der Waals surface area contributed by atoms with Gasteiger partial charge in [-0.25, -0.2) is 0 Å². The van der Waals surface area contributed by atoms with Crippen LogP contribution in [0.3, 0.4) is 0 Å². The largest absolute Gasteiger partial charge is 0.367 e. The molecule has 0 aliphatic heterocycles. The summed E-state index contributed by atoms with van der Waals surface area (Å²) >= 11 is 0. The second-order valence-corrected chi connectivity index (χ2v) is 3.95. The third kappa shape index (κ3) is 3.64. The molecule has 0 fully saturated rings. The van der Waals surface area contributed by atoms with Gasteiger partial charge in [0.1, 0.15) is 5.60 Å². The summed E-state index contributed by atoms with van der Waals surface area (Å²) in [5, 5.41) is 7.09. The van der Waals surface area contributed by atoms with E-state index in [1.807, 2.05) is 20.8 Å². The van der Waals surface area contributed by atoms with Gasteiger partial charge >= 0.3 is 0 Å². The minimum atomic E-state index is -0.463. The molecule has 5 nitrogen and oxygen atoms in total. The molecule has 0 aliphatic rings. The minimum Gasteiger partial charge on any atom is -0.367 e. The molecule has 96 valence electrons. The lowest BCUT2D eigenvalue weighted by atomic mass is 10.0. The Kier molecular flexibility index (Phi) is 5.31. The molecule has 0 amide bonds. The molecule has 0 radical (unpaired) electrons. The van der Waals surface area contributed by atoms with Crippen molar-refractivity contribution in [1.82, 2.24) is 15.5 Å². The van der Waals surface area contributed by atoms with Gasteiger partial charge < -0.3 is 14.6 Å². The van der Waals surface area contributed by atoms with Gasteiger partial charge in [0.15, 0.2) is 0 Å². The van der Waals surface area contributed by atoms with E-state index in [4.69, 9.17) is 9.26 Å². The van der Waals surface area contributed by atoms with E-state index in [9.17, 15) is 0 Å². The fraction of sp³-hybridized carbons (Fsp3) is 0.667. The minimum absolute atomic E-state index is 0.463. The molecule has 1 unspecified atom stereocenters. The molecule has 1 atom stereocenters. The third-order valence-electron chi connectivity index (χ3n) is 2.64. The van der Waals surface area contributed by atoms with Crippen molar-refractivity contribution in [3.05, 3.63) is 24.4 Å².